The molecule has 1 rings (SSSR count). The van der Waals surface area contributed by atoms with Crippen molar-refractivity contribution in [3.63, 3.8) is 0 Å². The predicted octanol–water partition coefficient (Wildman–Crippen LogP) is 2.70. The van der Waals surface area contributed by atoms with Crippen molar-refractivity contribution in [3.05, 3.63) is 35.4 Å². The van der Waals surface area contributed by atoms with E-state index < -0.39 is 9.84 Å². The fourth-order valence-corrected chi connectivity index (χ4v) is 3.02. The van der Waals surface area contributed by atoms with Crippen LogP contribution < -0.4 is 10.6 Å². The molecule has 0 aliphatic heterocycles. The number of guanidine groups is 1. The smallest absolute Gasteiger partial charge is 0.191 e. The first-order chi connectivity index (χ1) is 10.7. The lowest BCUT2D eigenvalue weighted by atomic mass is 9.99. The van der Waals surface area contributed by atoms with Gasteiger partial charge in [-0.1, -0.05) is 36.8 Å². The largest absolute Gasteiger partial charge is 0.356 e. The average molecular weight is 467 g/mol. The average Bonchev–Trinajstić information content (AvgIpc) is 2.48. The van der Waals surface area contributed by atoms with Gasteiger partial charge in [0.15, 0.2) is 5.96 Å². The quantitative estimate of drug-likeness (QED) is 0.368. The van der Waals surface area contributed by atoms with Crippen molar-refractivity contribution >= 4 is 39.8 Å². The zero-order valence-corrected chi connectivity index (χ0v) is 18.3. The van der Waals surface area contributed by atoms with Crippen LogP contribution in [0, 0.1) is 6.92 Å². The fraction of sp³-hybridized carbons (Fsp3) is 0.588. The molecule has 0 fully saturated rings. The Morgan fingerprint density at radius 3 is 2.50 bits per heavy atom. The summed E-state index contributed by atoms with van der Waals surface area (Å²) in [6, 6.07) is 8.53. The summed E-state index contributed by atoms with van der Waals surface area (Å²) in [7, 11) is -1.21. The molecule has 0 radical (unpaired) electrons. The Morgan fingerprint density at radius 2 is 1.96 bits per heavy atom. The summed E-state index contributed by atoms with van der Waals surface area (Å²) < 4.78 is 22.4. The minimum Gasteiger partial charge on any atom is -0.356 e. The lowest BCUT2D eigenvalue weighted by Gasteiger charge is -2.20. The Bertz CT molecular complexity index is 632. The first-order valence-electron chi connectivity index (χ1n) is 7.92. The number of sulfone groups is 1. The standard InChI is InChI=1S/C17H29N3O2S.HI/c1-13-7-6-8-16(11-13)14(2)12-19-17(18-4)20-15(3)9-10-23(5,21)22;/h6-8,11,14-15H,9-10,12H2,1-5H3,(H2,18,19,20);1H. The van der Waals surface area contributed by atoms with Crippen LogP contribution in [-0.4, -0.2) is 46.0 Å². The molecule has 2 atom stereocenters. The van der Waals surface area contributed by atoms with Crippen molar-refractivity contribution in [3.8, 4) is 0 Å². The Kier molecular flexibility index (Phi) is 10.5. The zero-order chi connectivity index (χ0) is 17.5. The molecule has 0 aromatic heterocycles. The highest BCUT2D eigenvalue weighted by atomic mass is 127. The van der Waals surface area contributed by atoms with Crippen molar-refractivity contribution in [1.82, 2.24) is 10.6 Å². The van der Waals surface area contributed by atoms with E-state index in [2.05, 4.69) is 53.7 Å². The van der Waals surface area contributed by atoms with Gasteiger partial charge in [0.25, 0.3) is 0 Å². The van der Waals surface area contributed by atoms with E-state index >= 15 is 0 Å². The van der Waals surface area contributed by atoms with E-state index in [0.29, 0.717) is 18.3 Å². The third-order valence-corrected chi connectivity index (χ3v) is 4.69. The molecule has 1 aromatic carbocycles. The van der Waals surface area contributed by atoms with E-state index in [1.54, 1.807) is 7.05 Å². The molecule has 0 bridgehead atoms. The Balaban J connectivity index is 0.00000529. The van der Waals surface area contributed by atoms with Gasteiger partial charge < -0.3 is 10.6 Å². The molecule has 24 heavy (non-hydrogen) atoms. The summed E-state index contributed by atoms with van der Waals surface area (Å²) in [6.45, 7) is 6.99. The van der Waals surface area contributed by atoms with Crippen molar-refractivity contribution < 1.29 is 8.42 Å². The summed E-state index contributed by atoms with van der Waals surface area (Å²) in [4.78, 5) is 4.20. The lowest BCUT2D eigenvalue weighted by Crippen LogP contribution is -2.43. The number of nitrogens with zero attached hydrogens (tertiary/aromatic N) is 1. The Morgan fingerprint density at radius 1 is 1.29 bits per heavy atom. The van der Waals surface area contributed by atoms with E-state index in [9.17, 15) is 8.42 Å². The molecule has 0 spiro atoms. The first-order valence-corrected chi connectivity index (χ1v) is 9.99. The van der Waals surface area contributed by atoms with Gasteiger partial charge in [-0.2, -0.15) is 0 Å². The number of halogens is 1. The minimum absolute atomic E-state index is 0. The molecule has 0 saturated carbocycles. The predicted molar refractivity (Wildman–Crippen MR) is 113 cm³/mol. The Hall–Kier alpha value is -0.830. The van der Waals surface area contributed by atoms with Crippen LogP contribution in [0.2, 0.25) is 0 Å². The monoisotopic (exact) mass is 467 g/mol. The second kappa shape index (κ2) is 10.9. The SMILES string of the molecule is CN=C(NCC(C)c1cccc(C)c1)NC(C)CCS(C)(=O)=O.I. The van der Waals surface area contributed by atoms with Gasteiger partial charge in [-0.25, -0.2) is 8.42 Å². The number of rotatable bonds is 7. The summed E-state index contributed by atoms with van der Waals surface area (Å²) in [5.41, 5.74) is 2.55. The third kappa shape index (κ3) is 9.46. The van der Waals surface area contributed by atoms with E-state index in [4.69, 9.17) is 0 Å². The fourth-order valence-electron chi connectivity index (χ4n) is 2.24. The van der Waals surface area contributed by atoms with E-state index in [0.717, 1.165) is 6.54 Å². The number of aryl methyl sites for hydroxylation is 1. The van der Waals surface area contributed by atoms with E-state index in [1.165, 1.54) is 17.4 Å². The molecule has 0 aliphatic rings. The van der Waals surface area contributed by atoms with E-state index in [-0.39, 0.29) is 35.8 Å². The molecule has 2 N–H and O–H groups in total. The van der Waals surface area contributed by atoms with E-state index in [1.807, 2.05) is 6.92 Å². The number of benzene rings is 1. The zero-order valence-electron chi connectivity index (χ0n) is 15.2. The highest BCUT2D eigenvalue weighted by molar-refractivity contribution is 14.0. The molecule has 0 amide bonds. The number of hydrogen-bond acceptors (Lipinski definition) is 3. The van der Waals surface area contributed by atoms with Crippen LogP contribution in [0.25, 0.3) is 0 Å². The van der Waals surface area contributed by atoms with Gasteiger partial charge in [-0.15, -0.1) is 24.0 Å². The molecule has 0 aliphatic carbocycles. The van der Waals surface area contributed by atoms with Crippen LogP contribution in [0.3, 0.4) is 0 Å². The number of hydrogen-bond donors (Lipinski definition) is 2. The summed E-state index contributed by atoms with van der Waals surface area (Å²) >= 11 is 0. The van der Waals surface area contributed by atoms with Crippen LogP contribution >= 0.6 is 24.0 Å². The molecule has 0 heterocycles. The summed E-state index contributed by atoms with van der Waals surface area (Å²) in [6.07, 6.45) is 1.82. The first kappa shape index (κ1) is 23.2. The molecule has 1 aromatic rings. The number of nitrogens with one attached hydrogen (secondary N) is 2. The highest BCUT2D eigenvalue weighted by Gasteiger charge is 2.11. The van der Waals surface area contributed by atoms with Gasteiger partial charge in [0.2, 0.25) is 0 Å². The van der Waals surface area contributed by atoms with Gasteiger partial charge in [0, 0.05) is 25.9 Å². The topological polar surface area (TPSA) is 70.6 Å². The van der Waals surface area contributed by atoms with Crippen LogP contribution in [0.4, 0.5) is 0 Å². The van der Waals surface area contributed by atoms with Crippen molar-refractivity contribution in [2.75, 3.05) is 25.6 Å². The van der Waals surface area contributed by atoms with Crippen molar-refractivity contribution in [2.45, 2.75) is 39.2 Å². The molecule has 138 valence electrons. The lowest BCUT2D eigenvalue weighted by molar-refractivity contribution is 0.579. The number of aliphatic imine (C=N–C) groups is 1. The highest BCUT2D eigenvalue weighted by Crippen LogP contribution is 2.15. The summed E-state index contributed by atoms with van der Waals surface area (Å²) in [5.74, 6) is 1.24. The van der Waals surface area contributed by atoms with Gasteiger partial charge in [0.1, 0.15) is 9.84 Å². The van der Waals surface area contributed by atoms with Gasteiger partial charge in [0.05, 0.1) is 5.75 Å². The van der Waals surface area contributed by atoms with Crippen LogP contribution in [0.1, 0.15) is 37.3 Å². The second-order valence-corrected chi connectivity index (χ2v) is 8.49. The normalized spacial score (nSPS) is 14.5. The molecule has 0 saturated heterocycles. The molecular formula is C17H30IN3O2S. The summed E-state index contributed by atoms with van der Waals surface area (Å²) in [5, 5.41) is 6.54. The Labute approximate surface area is 163 Å². The molecule has 7 heteroatoms. The van der Waals surface area contributed by atoms with Crippen LogP contribution in [-0.2, 0) is 9.84 Å². The van der Waals surface area contributed by atoms with Crippen LogP contribution in [0.15, 0.2) is 29.3 Å². The third-order valence-electron chi connectivity index (χ3n) is 3.72. The van der Waals surface area contributed by atoms with Gasteiger partial charge in [-0.3, -0.25) is 4.99 Å². The maximum absolute atomic E-state index is 11.2. The minimum atomic E-state index is -2.93. The second-order valence-electron chi connectivity index (χ2n) is 6.23. The molecular weight excluding hydrogens is 437 g/mol. The maximum atomic E-state index is 11.2. The molecule has 2 unspecified atom stereocenters. The molecule has 5 nitrogen and oxygen atoms in total. The van der Waals surface area contributed by atoms with Crippen LogP contribution in [0.5, 0.6) is 0 Å². The van der Waals surface area contributed by atoms with Crippen molar-refractivity contribution in [2.24, 2.45) is 4.99 Å². The van der Waals surface area contributed by atoms with Crippen molar-refractivity contribution in [1.29, 1.82) is 0 Å². The maximum Gasteiger partial charge on any atom is 0.191 e. The van der Waals surface area contributed by atoms with Gasteiger partial charge in [-0.05, 0) is 31.7 Å². The van der Waals surface area contributed by atoms with Gasteiger partial charge >= 0.3 is 0 Å².